The van der Waals surface area contributed by atoms with Gasteiger partial charge in [-0.15, -0.1) is 0 Å². The lowest BCUT2D eigenvalue weighted by Crippen LogP contribution is -2.60. The van der Waals surface area contributed by atoms with Crippen LogP contribution >= 0.6 is 0 Å². The minimum Gasteiger partial charge on any atom is -0.454 e. The summed E-state index contributed by atoms with van der Waals surface area (Å²) in [6.07, 6.45) is -5.02. The first-order chi connectivity index (χ1) is 12.1. The fraction of sp³-hybridized carbons (Fsp3) is 0.579. The number of hydrogen-bond donors (Lipinski definition) is 1. The highest BCUT2D eigenvalue weighted by molar-refractivity contribution is 5.89. The predicted octanol–water partition coefficient (Wildman–Crippen LogP) is 1.92. The monoisotopic (exact) mass is 366 g/mol. The largest absolute Gasteiger partial charge is 0.454 e. The number of benzene rings is 1. The van der Waals surface area contributed by atoms with Crippen LogP contribution in [-0.4, -0.2) is 54.9 Å². The van der Waals surface area contributed by atoms with Crippen LogP contribution in [0.5, 0.6) is 0 Å². The van der Waals surface area contributed by atoms with Crippen molar-refractivity contribution in [2.75, 3.05) is 7.11 Å². The second-order valence-electron chi connectivity index (χ2n) is 7.29. The summed E-state index contributed by atoms with van der Waals surface area (Å²) in [5, 5.41) is 10.7. The average molecular weight is 366 g/mol. The zero-order valence-electron chi connectivity index (χ0n) is 15.7. The summed E-state index contributed by atoms with van der Waals surface area (Å²) in [4.78, 5) is 24.5. The van der Waals surface area contributed by atoms with Gasteiger partial charge in [-0.05, 0) is 39.8 Å². The zero-order valence-corrected chi connectivity index (χ0v) is 15.7. The van der Waals surface area contributed by atoms with Gasteiger partial charge in [0.2, 0.25) is 0 Å². The summed E-state index contributed by atoms with van der Waals surface area (Å²) in [5.74, 6) is -1.11. The first kappa shape index (κ1) is 20.4. The Morgan fingerprint density at radius 1 is 1.08 bits per heavy atom. The van der Waals surface area contributed by atoms with E-state index in [4.69, 9.17) is 18.9 Å². The van der Waals surface area contributed by atoms with Crippen LogP contribution in [0.1, 0.15) is 38.1 Å². The number of hydrogen-bond acceptors (Lipinski definition) is 7. The minimum absolute atomic E-state index is 0.351. The Hall–Kier alpha value is -1.96. The summed E-state index contributed by atoms with van der Waals surface area (Å²) in [7, 11) is 1.39. The second kappa shape index (κ2) is 8.16. The van der Waals surface area contributed by atoms with E-state index in [1.165, 1.54) is 7.11 Å². The summed E-state index contributed by atoms with van der Waals surface area (Å²) >= 11 is 0. The highest BCUT2D eigenvalue weighted by Crippen LogP contribution is 2.29. The van der Waals surface area contributed by atoms with E-state index in [0.29, 0.717) is 5.56 Å². The molecule has 0 aliphatic carbocycles. The van der Waals surface area contributed by atoms with Crippen molar-refractivity contribution in [2.45, 2.75) is 58.4 Å². The van der Waals surface area contributed by atoms with Crippen LogP contribution < -0.4 is 0 Å². The zero-order chi connectivity index (χ0) is 19.5. The molecule has 0 saturated carbocycles. The molecule has 1 aromatic carbocycles. The maximum Gasteiger partial charge on any atom is 0.338 e. The molecule has 0 bridgehead atoms. The molecular weight excluding hydrogens is 340 g/mol. The molecule has 0 radical (unpaired) electrons. The smallest absolute Gasteiger partial charge is 0.338 e. The third-order valence-electron chi connectivity index (χ3n) is 4.09. The minimum atomic E-state index is -1.29. The molecule has 7 heteroatoms. The molecule has 1 heterocycles. The summed E-state index contributed by atoms with van der Waals surface area (Å²) in [6.45, 7) is 6.74. The molecule has 1 aliphatic rings. The molecule has 1 N–H and O–H groups in total. The highest BCUT2D eigenvalue weighted by Gasteiger charge is 2.49. The molecule has 5 atom stereocenters. The van der Waals surface area contributed by atoms with Crippen molar-refractivity contribution in [3.63, 3.8) is 0 Å². The van der Waals surface area contributed by atoms with E-state index in [1.807, 2.05) is 0 Å². The lowest BCUT2D eigenvalue weighted by atomic mass is 9.95. The van der Waals surface area contributed by atoms with Gasteiger partial charge in [-0.1, -0.05) is 18.2 Å². The first-order valence-electron chi connectivity index (χ1n) is 8.48. The number of methoxy groups -OCH3 is 1. The van der Waals surface area contributed by atoms with E-state index in [1.54, 1.807) is 58.0 Å². The molecule has 26 heavy (non-hydrogen) atoms. The van der Waals surface area contributed by atoms with E-state index in [9.17, 15) is 14.7 Å². The number of aliphatic hydroxyl groups excluding tert-OH is 1. The van der Waals surface area contributed by atoms with Crippen LogP contribution in [0.4, 0.5) is 0 Å². The maximum absolute atomic E-state index is 12.3. The number of carbonyl (C=O) groups is 2. The highest BCUT2D eigenvalue weighted by atomic mass is 16.7. The van der Waals surface area contributed by atoms with Gasteiger partial charge >= 0.3 is 11.9 Å². The summed E-state index contributed by atoms with van der Waals surface area (Å²) < 4.78 is 21.7. The van der Waals surface area contributed by atoms with Crippen molar-refractivity contribution in [3.05, 3.63) is 35.9 Å². The number of aliphatic hydroxyl groups is 1. The SMILES string of the molecule is CO[C@@H]1O[C@@H](C)[C@@H](OC(=O)c2ccccc2)[C@@H](O)[C@@H]1OC(=O)C(C)(C)C. The fourth-order valence-corrected chi connectivity index (χ4v) is 2.54. The number of esters is 2. The van der Waals surface area contributed by atoms with E-state index in [2.05, 4.69) is 0 Å². The molecule has 144 valence electrons. The van der Waals surface area contributed by atoms with Crippen molar-refractivity contribution >= 4 is 11.9 Å². The second-order valence-corrected chi connectivity index (χ2v) is 7.29. The third-order valence-corrected chi connectivity index (χ3v) is 4.09. The van der Waals surface area contributed by atoms with Gasteiger partial charge in [0.1, 0.15) is 6.10 Å². The first-order valence-corrected chi connectivity index (χ1v) is 8.48. The van der Waals surface area contributed by atoms with Crippen LogP contribution in [0.3, 0.4) is 0 Å². The third kappa shape index (κ3) is 4.60. The Balaban J connectivity index is 2.16. The van der Waals surface area contributed by atoms with Crippen molar-refractivity contribution in [1.29, 1.82) is 0 Å². The van der Waals surface area contributed by atoms with E-state index < -0.39 is 48.1 Å². The van der Waals surface area contributed by atoms with Gasteiger partial charge in [-0.25, -0.2) is 4.79 Å². The van der Waals surface area contributed by atoms with E-state index in [0.717, 1.165) is 0 Å². The van der Waals surface area contributed by atoms with Crippen molar-refractivity contribution in [2.24, 2.45) is 5.41 Å². The Morgan fingerprint density at radius 3 is 2.23 bits per heavy atom. The Morgan fingerprint density at radius 2 is 1.69 bits per heavy atom. The normalized spacial score (nSPS) is 29.1. The summed E-state index contributed by atoms with van der Waals surface area (Å²) in [6, 6.07) is 8.42. The van der Waals surface area contributed by atoms with Gasteiger partial charge in [-0.2, -0.15) is 0 Å². The van der Waals surface area contributed by atoms with Gasteiger partial charge in [0.15, 0.2) is 18.5 Å². The molecular formula is C19H26O7. The van der Waals surface area contributed by atoms with Crippen molar-refractivity contribution < 1.29 is 33.6 Å². The molecule has 2 rings (SSSR count). The molecule has 1 aliphatic heterocycles. The van der Waals surface area contributed by atoms with Gasteiger partial charge in [0, 0.05) is 7.11 Å². The van der Waals surface area contributed by atoms with E-state index in [-0.39, 0.29) is 0 Å². The molecule has 1 fully saturated rings. The molecule has 0 aromatic heterocycles. The Labute approximate surface area is 153 Å². The van der Waals surface area contributed by atoms with Gasteiger partial charge < -0.3 is 24.1 Å². The van der Waals surface area contributed by atoms with Gasteiger partial charge in [-0.3, -0.25) is 4.79 Å². The Kier molecular flexibility index (Phi) is 6.39. The standard InChI is InChI=1S/C19H26O7/c1-11-14(25-16(21)12-9-7-6-8-10-12)13(20)15(17(23-5)24-11)26-18(22)19(2,3)4/h6-11,13-15,17,20H,1-5H3/t11-,13+,14+,15-,17+/m0/s1. The summed E-state index contributed by atoms with van der Waals surface area (Å²) in [5.41, 5.74) is -0.416. The van der Waals surface area contributed by atoms with Gasteiger partial charge in [0.05, 0.1) is 17.1 Å². The van der Waals surface area contributed by atoms with Crippen LogP contribution in [0.25, 0.3) is 0 Å². The topological polar surface area (TPSA) is 91.3 Å². The molecule has 0 amide bonds. The van der Waals surface area contributed by atoms with Gasteiger partial charge in [0.25, 0.3) is 0 Å². The molecule has 0 spiro atoms. The van der Waals surface area contributed by atoms with Crippen molar-refractivity contribution in [1.82, 2.24) is 0 Å². The molecule has 0 unspecified atom stereocenters. The van der Waals surface area contributed by atoms with Crippen LogP contribution in [0.2, 0.25) is 0 Å². The van der Waals surface area contributed by atoms with Crippen LogP contribution in [-0.2, 0) is 23.7 Å². The number of ether oxygens (including phenoxy) is 4. The fourth-order valence-electron chi connectivity index (χ4n) is 2.54. The van der Waals surface area contributed by atoms with E-state index >= 15 is 0 Å². The molecule has 7 nitrogen and oxygen atoms in total. The quantitative estimate of drug-likeness (QED) is 0.814. The molecule has 1 aromatic rings. The van der Waals surface area contributed by atoms with Crippen molar-refractivity contribution in [3.8, 4) is 0 Å². The number of rotatable bonds is 4. The van der Waals surface area contributed by atoms with Crippen LogP contribution in [0, 0.1) is 5.41 Å². The Bertz CT molecular complexity index is 623. The average Bonchev–Trinajstić information content (AvgIpc) is 2.60. The molecule has 1 saturated heterocycles. The maximum atomic E-state index is 12.3. The predicted molar refractivity (Wildman–Crippen MR) is 92.3 cm³/mol. The number of carbonyl (C=O) groups excluding carboxylic acids is 2. The lowest BCUT2D eigenvalue weighted by Gasteiger charge is -2.42. The lowest BCUT2D eigenvalue weighted by molar-refractivity contribution is -0.291. The van der Waals surface area contributed by atoms with Crippen LogP contribution in [0.15, 0.2) is 30.3 Å².